The fourth-order valence-electron chi connectivity index (χ4n) is 4.14. The monoisotopic (exact) mass is 407 g/mol. The quantitative estimate of drug-likeness (QED) is 0.481. The van der Waals surface area contributed by atoms with Crippen LogP contribution in [0.3, 0.4) is 0 Å². The molecule has 1 fully saturated rings. The molecule has 3 aromatic rings. The highest BCUT2D eigenvalue weighted by Crippen LogP contribution is 2.41. The number of benzene rings is 2. The van der Waals surface area contributed by atoms with Crippen LogP contribution in [0.25, 0.3) is 0 Å². The molecule has 0 saturated heterocycles. The van der Waals surface area contributed by atoms with E-state index in [0.717, 1.165) is 36.9 Å². The number of carbonyl (C=O) groups excluding carboxylic acids is 1. The lowest BCUT2D eigenvalue weighted by Crippen LogP contribution is -2.26. The zero-order valence-electron chi connectivity index (χ0n) is 16.3. The minimum atomic E-state index is -0.105. The van der Waals surface area contributed by atoms with Crippen molar-refractivity contribution >= 4 is 28.6 Å². The summed E-state index contributed by atoms with van der Waals surface area (Å²) in [5.41, 5.74) is 2.52. The van der Waals surface area contributed by atoms with Crippen molar-refractivity contribution in [3.05, 3.63) is 70.4 Å². The lowest BCUT2D eigenvalue weighted by Gasteiger charge is -2.28. The highest BCUT2D eigenvalue weighted by Gasteiger charge is 2.27. The van der Waals surface area contributed by atoms with Crippen molar-refractivity contribution in [2.45, 2.75) is 44.4 Å². The number of hydrogen-bond donors (Lipinski definition) is 2. The second kappa shape index (κ2) is 8.70. The van der Waals surface area contributed by atoms with Crippen LogP contribution in [0.4, 0.5) is 11.4 Å². The molecule has 2 aromatic carbocycles. The van der Waals surface area contributed by atoms with Crippen molar-refractivity contribution in [2.24, 2.45) is 0 Å². The van der Waals surface area contributed by atoms with Crippen LogP contribution in [0.2, 0.25) is 0 Å². The fraction of sp³-hybridized carbons (Fsp3) is 0.292. The van der Waals surface area contributed by atoms with Gasteiger partial charge in [-0.25, -0.2) is 0 Å². The Kier molecular flexibility index (Phi) is 5.86. The maximum Gasteiger partial charge on any atom is 0.272 e. The third-order valence-electron chi connectivity index (χ3n) is 5.59. The molecule has 0 aliphatic heterocycles. The van der Waals surface area contributed by atoms with E-state index in [2.05, 4.69) is 0 Å². The van der Waals surface area contributed by atoms with Crippen molar-refractivity contribution in [1.82, 2.24) is 0 Å². The third-order valence-corrected chi connectivity index (χ3v) is 6.45. The molecule has 1 saturated carbocycles. The molecule has 150 valence electrons. The van der Waals surface area contributed by atoms with E-state index in [9.17, 15) is 15.0 Å². The van der Waals surface area contributed by atoms with E-state index in [0.29, 0.717) is 16.5 Å². The molecule has 1 aliphatic carbocycles. The summed E-state index contributed by atoms with van der Waals surface area (Å²) < 4.78 is 0. The number of phenols is 2. The van der Waals surface area contributed by atoms with Gasteiger partial charge in [-0.3, -0.25) is 9.69 Å². The van der Waals surface area contributed by atoms with Gasteiger partial charge >= 0.3 is 0 Å². The topological polar surface area (TPSA) is 60.8 Å². The first-order valence-corrected chi connectivity index (χ1v) is 11.0. The SMILES string of the molecule is O=C(c1cccs1)N(c1ccc(O)cc1)c1ccc(O)cc1C1CCCCCC1. The van der Waals surface area contributed by atoms with Gasteiger partial charge in [0.05, 0.1) is 10.6 Å². The zero-order chi connectivity index (χ0) is 20.2. The van der Waals surface area contributed by atoms with Gasteiger partial charge in [-0.2, -0.15) is 0 Å². The van der Waals surface area contributed by atoms with Crippen molar-refractivity contribution < 1.29 is 15.0 Å². The first-order valence-electron chi connectivity index (χ1n) is 10.1. The van der Waals surface area contributed by atoms with E-state index in [1.807, 2.05) is 29.6 Å². The van der Waals surface area contributed by atoms with Gasteiger partial charge in [-0.15, -0.1) is 11.3 Å². The van der Waals surface area contributed by atoms with Gasteiger partial charge in [-0.05, 0) is 78.2 Å². The molecule has 0 spiro atoms. The summed E-state index contributed by atoms with van der Waals surface area (Å²) in [6, 6.07) is 15.7. The van der Waals surface area contributed by atoms with E-state index < -0.39 is 0 Å². The fourth-order valence-corrected chi connectivity index (χ4v) is 4.79. The number of nitrogens with zero attached hydrogens (tertiary/aromatic N) is 1. The Bertz CT molecular complexity index is 958. The zero-order valence-corrected chi connectivity index (χ0v) is 17.1. The van der Waals surface area contributed by atoms with E-state index in [4.69, 9.17) is 0 Å². The molecular weight excluding hydrogens is 382 g/mol. The molecule has 4 rings (SSSR count). The van der Waals surface area contributed by atoms with Gasteiger partial charge in [0.15, 0.2) is 0 Å². The maximum atomic E-state index is 13.5. The van der Waals surface area contributed by atoms with Gasteiger partial charge in [0.2, 0.25) is 0 Å². The molecule has 0 atom stereocenters. The number of aromatic hydroxyl groups is 2. The van der Waals surface area contributed by atoms with Crippen LogP contribution in [0, 0.1) is 0 Å². The van der Waals surface area contributed by atoms with Gasteiger partial charge in [0.25, 0.3) is 5.91 Å². The molecule has 0 unspecified atom stereocenters. The average molecular weight is 408 g/mol. The molecule has 1 aliphatic rings. The van der Waals surface area contributed by atoms with Crippen LogP contribution < -0.4 is 4.90 Å². The smallest absolute Gasteiger partial charge is 0.272 e. The normalized spacial score (nSPS) is 15.0. The van der Waals surface area contributed by atoms with Crippen molar-refractivity contribution in [1.29, 1.82) is 0 Å². The molecule has 1 amide bonds. The Hall–Kier alpha value is -2.79. The Morgan fingerprint density at radius 1 is 0.897 bits per heavy atom. The van der Waals surface area contributed by atoms with E-state index in [1.54, 1.807) is 35.2 Å². The molecule has 4 nitrogen and oxygen atoms in total. The number of amides is 1. The van der Waals surface area contributed by atoms with Crippen LogP contribution in [-0.2, 0) is 0 Å². The average Bonchev–Trinajstić information content (AvgIpc) is 3.13. The summed E-state index contributed by atoms with van der Waals surface area (Å²) in [5, 5.41) is 21.8. The Labute approximate surface area is 175 Å². The third kappa shape index (κ3) is 4.30. The molecular formula is C24H25NO3S. The number of hydrogen-bond acceptors (Lipinski definition) is 4. The van der Waals surface area contributed by atoms with Crippen LogP contribution in [0.1, 0.15) is 59.7 Å². The van der Waals surface area contributed by atoms with Gasteiger partial charge in [0, 0.05) is 5.69 Å². The van der Waals surface area contributed by atoms with Crippen molar-refractivity contribution in [3.8, 4) is 11.5 Å². The summed E-state index contributed by atoms with van der Waals surface area (Å²) in [7, 11) is 0. The van der Waals surface area contributed by atoms with Crippen molar-refractivity contribution in [3.63, 3.8) is 0 Å². The molecule has 0 bridgehead atoms. The largest absolute Gasteiger partial charge is 0.508 e. The lowest BCUT2D eigenvalue weighted by molar-refractivity contribution is 0.100. The molecule has 1 heterocycles. The van der Waals surface area contributed by atoms with Gasteiger partial charge in [0.1, 0.15) is 11.5 Å². The van der Waals surface area contributed by atoms with E-state index in [-0.39, 0.29) is 17.4 Å². The van der Waals surface area contributed by atoms with E-state index >= 15 is 0 Å². The predicted octanol–water partition coefficient (Wildman–Crippen LogP) is 6.58. The number of carbonyl (C=O) groups is 1. The summed E-state index contributed by atoms with van der Waals surface area (Å²) >= 11 is 1.41. The summed E-state index contributed by atoms with van der Waals surface area (Å²) in [4.78, 5) is 15.9. The standard InChI is InChI=1S/C24H25NO3S/c26-19-11-9-18(10-12-19)25(24(28)23-8-5-15-29-23)22-14-13-20(27)16-21(22)17-6-3-1-2-4-7-17/h5,8-17,26-27H,1-4,6-7H2. The second-order valence-corrected chi connectivity index (χ2v) is 8.51. The number of anilines is 2. The molecule has 0 radical (unpaired) electrons. The molecule has 1 aromatic heterocycles. The summed E-state index contributed by atoms with van der Waals surface area (Å²) in [5.74, 6) is 0.593. The predicted molar refractivity (Wildman–Crippen MR) is 117 cm³/mol. The Balaban J connectivity index is 1.84. The number of thiophene rings is 1. The van der Waals surface area contributed by atoms with Gasteiger partial charge in [-0.1, -0.05) is 31.7 Å². The molecule has 5 heteroatoms. The van der Waals surface area contributed by atoms with Crippen LogP contribution in [-0.4, -0.2) is 16.1 Å². The maximum absolute atomic E-state index is 13.5. The summed E-state index contributed by atoms with van der Waals surface area (Å²) in [6.45, 7) is 0. The first-order chi connectivity index (χ1) is 14.1. The first kappa shape index (κ1) is 19.5. The highest BCUT2D eigenvalue weighted by molar-refractivity contribution is 7.12. The van der Waals surface area contributed by atoms with Crippen LogP contribution in [0.5, 0.6) is 11.5 Å². The highest BCUT2D eigenvalue weighted by atomic mass is 32.1. The number of rotatable bonds is 4. The minimum Gasteiger partial charge on any atom is -0.508 e. The Morgan fingerprint density at radius 2 is 1.59 bits per heavy atom. The van der Waals surface area contributed by atoms with Crippen molar-refractivity contribution in [2.75, 3.05) is 4.90 Å². The second-order valence-electron chi connectivity index (χ2n) is 7.57. The molecule has 29 heavy (non-hydrogen) atoms. The van der Waals surface area contributed by atoms with E-state index in [1.165, 1.54) is 24.2 Å². The minimum absolute atomic E-state index is 0.105. The lowest BCUT2D eigenvalue weighted by atomic mass is 9.89. The summed E-state index contributed by atoms with van der Waals surface area (Å²) in [6.07, 6.45) is 6.93. The van der Waals surface area contributed by atoms with Gasteiger partial charge < -0.3 is 10.2 Å². The number of phenolic OH excluding ortho intramolecular Hbond substituents is 2. The Morgan fingerprint density at radius 3 is 2.24 bits per heavy atom. The van der Waals surface area contributed by atoms with Crippen LogP contribution >= 0.6 is 11.3 Å². The molecule has 2 N–H and O–H groups in total. The van der Waals surface area contributed by atoms with Crippen LogP contribution in [0.15, 0.2) is 60.0 Å².